The number of methoxy groups -OCH3 is 1. The highest BCUT2D eigenvalue weighted by Crippen LogP contribution is 2.08. The van der Waals surface area contributed by atoms with E-state index in [1.807, 2.05) is 6.92 Å². The van der Waals surface area contributed by atoms with Crippen LogP contribution >= 0.6 is 0 Å². The van der Waals surface area contributed by atoms with Crippen LogP contribution in [0.25, 0.3) is 0 Å². The van der Waals surface area contributed by atoms with Crippen molar-refractivity contribution in [2.75, 3.05) is 12.4 Å². The normalized spacial score (nSPS) is 11.7. The number of hydrogen-bond acceptors (Lipinski definition) is 5. The van der Waals surface area contributed by atoms with E-state index < -0.39 is 5.97 Å². The second-order valence-corrected chi connectivity index (χ2v) is 3.38. The van der Waals surface area contributed by atoms with Gasteiger partial charge in [0.25, 0.3) is 0 Å². The van der Waals surface area contributed by atoms with Crippen LogP contribution in [0.15, 0.2) is 18.7 Å². The van der Waals surface area contributed by atoms with Crippen molar-refractivity contribution in [1.82, 2.24) is 9.97 Å². The SMILES string of the molecule is C=CC(C)Nc1cc(C)nc(C(=O)OC)n1. The molecular weight excluding hydrogens is 206 g/mol. The number of nitrogens with one attached hydrogen (secondary N) is 1. The van der Waals surface area contributed by atoms with E-state index in [0.29, 0.717) is 11.5 Å². The minimum absolute atomic E-state index is 0.0567. The minimum Gasteiger partial charge on any atom is -0.463 e. The summed E-state index contributed by atoms with van der Waals surface area (Å²) in [5.74, 6) is 0.0968. The van der Waals surface area contributed by atoms with Gasteiger partial charge in [0.2, 0.25) is 5.82 Å². The van der Waals surface area contributed by atoms with Crippen molar-refractivity contribution in [3.05, 3.63) is 30.2 Å². The lowest BCUT2D eigenvalue weighted by atomic mass is 10.3. The summed E-state index contributed by atoms with van der Waals surface area (Å²) in [6.07, 6.45) is 1.75. The molecule has 0 amide bonds. The summed E-state index contributed by atoms with van der Waals surface area (Å²) in [5.41, 5.74) is 0.703. The zero-order chi connectivity index (χ0) is 12.1. The van der Waals surface area contributed by atoms with Crippen molar-refractivity contribution in [2.24, 2.45) is 0 Å². The molecule has 1 rings (SSSR count). The maximum Gasteiger partial charge on any atom is 0.376 e. The van der Waals surface area contributed by atoms with Gasteiger partial charge in [-0.2, -0.15) is 0 Å². The van der Waals surface area contributed by atoms with Crippen LogP contribution < -0.4 is 5.32 Å². The van der Waals surface area contributed by atoms with Gasteiger partial charge in [-0.3, -0.25) is 0 Å². The maximum atomic E-state index is 11.3. The molecule has 1 atom stereocenters. The average molecular weight is 221 g/mol. The summed E-state index contributed by atoms with van der Waals surface area (Å²) < 4.78 is 4.57. The molecule has 1 N–H and O–H groups in total. The Bertz CT molecular complexity index is 404. The van der Waals surface area contributed by atoms with Gasteiger partial charge in [-0.15, -0.1) is 6.58 Å². The third-order valence-electron chi connectivity index (χ3n) is 1.95. The van der Waals surface area contributed by atoms with Gasteiger partial charge in [0.15, 0.2) is 0 Å². The van der Waals surface area contributed by atoms with E-state index in [1.54, 1.807) is 19.1 Å². The lowest BCUT2D eigenvalue weighted by molar-refractivity contribution is 0.0586. The fourth-order valence-corrected chi connectivity index (χ4v) is 1.12. The van der Waals surface area contributed by atoms with Crippen LogP contribution in [0.4, 0.5) is 5.82 Å². The molecule has 0 bridgehead atoms. The van der Waals surface area contributed by atoms with E-state index >= 15 is 0 Å². The van der Waals surface area contributed by atoms with Gasteiger partial charge < -0.3 is 10.1 Å². The zero-order valence-corrected chi connectivity index (χ0v) is 9.65. The monoisotopic (exact) mass is 221 g/mol. The van der Waals surface area contributed by atoms with Crippen molar-refractivity contribution >= 4 is 11.8 Å². The van der Waals surface area contributed by atoms with Crippen LogP contribution in [0.3, 0.4) is 0 Å². The van der Waals surface area contributed by atoms with Crippen molar-refractivity contribution in [2.45, 2.75) is 19.9 Å². The molecule has 0 fully saturated rings. The number of carbonyl (C=O) groups excluding carboxylic acids is 1. The molecular formula is C11H15N3O2. The van der Waals surface area contributed by atoms with Gasteiger partial charge in [-0.05, 0) is 13.8 Å². The molecule has 5 nitrogen and oxygen atoms in total. The summed E-state index contributed by atoms with van der Waals surface area (Å²) in [6, 6.07) is 1.83. The molecule has 0 radical (unpaired) electrons. The van der Waals surface area contributed by atoms with E-state index in [0.717, 1.165) is 0 Å². The first kappa shape index (κ1) is 12.2. The fourth-order valence-electron chi connectivity index (χ4n) is 1.12. The highest BCUT2D eigenvalue weighted by molar-refractivity contribution is 5.85. The molecule has 1 heterocycles. The standard InChI is InChI=1S/C11H15N3O2/c1-5-7(2)12-9-6-8(3)13-10(14-9)11(15)16-4/h5-7H,1H2,2-4H3,(H,12,13,14). The molecule has 0 aromatic carbocycles. The summed E-state index contributed by atoms with van der Waals surface area (Å²) in [6.45, 7) is 7.38. The summed E-state index contributed by atoms with van der Waals surface area (Å²) in [7, 11) is 1.30. The van der Waals surface area contributed by atoms with Crippen LogP contribution in [0.2, 0.25) is 0 Å². The van der Waals surface area contributed by atoms with Crippen LogP contribution in [-0.2, 0) is 4.74 Å². The molecule has 1 aromatic rings. The summed E-state index contributed by atoms with van der Waals surface area (Å²) in [4.78, 5) is 19.3. The maximum absolute atomic E-state index is 11.3. The number of aromatic nitrogens is 2. The van der Waals surface area contributed by atoms with E-state index in [2.05, 4.69) is 26.6 Å². The number of rotatable bonds is 4. The summed E-state index contributed by atoms with van der Waals surface area (Å²) in [5, 5.41) is 3.07. The van der Waals surface area contributed by atoms with Crippen molar-refractivity contribution < 1.29 is 9.53 Å². The van der Waals surface area contributed by atoms with Gasteiger partial charge in [0, 0.05) is 17.8 Å². The third kappa shape index (κ3) is 3.05. The van der Waals surface area contributed by atoms with E-state index in [1.165, 1.54) is 7.11 Å². The molecule has 5 heteroatoms. The smallest absolute Gasteiger partial charge is 0.376 e. The highest BCUT2D eigenvalue weighted by atomic mass is 16.5. The van der Waals surface area contributed by atoms with Gasteiger partial charge in [-0.25, -0.2) is 14.8 Å². The molecule has 0 saturated carbocycles. The average Bonchev–Trinajstić information content (AvgIpc) is 2.27. The Morgan fingerprint density at radius 1 is 1.62 bits per heavy atom. The predicted molar refractivity (Wildman–Crippen MR) is 61.4 cm³/mol. The van der Waals surface area contributed by atoms with Crippen molar-refractivity contribution in [1.29, 1.82) is 0 Å². The Labute approximate surface area is 94.6 Å². The van der Waals surface area contributed by atoms with Crippen molar-refractivity contribution in [3.63, 3.8) is 0 Å². The van der Waals surface area contributed by atoms with Gasteiger partial charge in [0.05, 0.1) is 7.11 Å². The first-order valence-corrected chi connectivity index (χ1v) is 4.90. The second-order valence-electron chi connectivity index (χ2n) is 3.38. The minimum atomic E-state index is -0.544. The first-order chi connectivity index (χ1) is 7.56. The molecule has 0 aliphatic heterocycles. The summed E-state index contributed by atoms with van der Waals surface area (Å²) >= 11 is 0. The second kappa shape index (κ2) is 5.25. The number of hydrogen-bond donors (Lipinski definition) is 1. The molecule has 86 valence electrons. The predicted octanol–water partition coefficient (Wildman–Crippen LogP) is 1.56. The van der Waals surface area contributed by atoms with Crippen molar-refractivity contribution in [3.8, 4) is 0 Å². The molecule has 1 unspecified atom stereocenters. The van der Waals surface area contributed by atoms with Crippen LogP contribution in [0.1, 0.15) is 23.2 Å². The topological polar surface area (TPSA) is 64.1 Å². The quantitative estimate of drug-likeness (QED) is 0.617. The molecule has 0 spiro atoms. The van der Waals surface area contributed by atoms with Gasteiger partial charge in [-0.1, -0.05) is 6.08 Å². The number of esters is 1. The van der Waals surface area contributed by atoms with E-state index in [4.69, 9.17) is 0 Å². The number of ether oxygens (including phenoxy) is 1. The molecule has 1 aromatic heterocycles. The van der Waals surface area contributed by atoms with E-state index in [9.17, 15) is 4.79 Å². The van der Waals surface area contributed by atoms with Crippen LogP contribution in [-0.4, -0.2) is 29.1 Å². The zero-order valence-electron chi connectivity index (χ0n) is 9.65. The highest BCUT2D eigenvalue weighted by Gasteiger charge is 2.11. The number of nitrogens with zero attached hydrogens (tertiary/aromatic N) is 2. The molecule has 16 heavy (non-hydrogen) atoms. The van der Waals surface area contributed by atoms with Gasteiger partial charge in [0.1, 0.15) is 5.82 Å². The van der Waals surface area contributed by atoms with Gasteiger partial charge >= 0.3 is 5.97 Å². The lowest BCUT2D eigenvalue weighted by Crippen LogP contribution is -2.16. The fraction of sp³-hybridized carbons (Fsp3) is 0.364. The first-order valence-electron chi connectivity index (χ1n) is 4.90. The Morgan fingerprint density at radius 3 is 2.88 bits per heavy atom. The lowest BCUT2D eigenvalue weighted by Gasteiger charge is -2.10. The Kier molecular flexibility index (Phi) is 3.99. The molecule has 0 aliphatic rings. The Morgan fingerprint density at radius 2 is 2.31 bits per heavy atom. The van der Waals surface area contributed by atoms with E-state index in [-0.39, 0.29) is 11.9 Å². The number of carbonyl (C=O) groups is 1. The third-order valence-corrected chi connectivity index (χ3v) is 1.95. The number of anilines is 1. The Balaban J connectivity index is 2.98. The number of aryl methyl sites for hydroxylation is 1. The molecule has 0 aliphatic carbocycles. The molecule has 0 saturated heterocycles. The van der Waals surface area contributed by atoms with Crippen LogP contribution in [0, 0.1) is 6.92 Å². The largest absolute Gasteiger partial charge is 0.463 e. The van der Waals surface area contributed by atoms with Crippen LogP contribution in [0.5, 0.6) is 0 Å². The Hall–Kier alpha value is -1.91.